The maximum atomic E-state index is 12.2. The first kappa shape index (κ1) is 17.0. The number of aliphatic imine (C=N–C) groups is 1. The maximum Gasteiger partial charge on any atom is 0.271 e. The van der Waals surface area contributed by atoms with E-state index in [2.05, 4.69) is 22.3 Å². The zero-order valence-corrected chi connectivity index (χ0v) is 13.1. The first-order chi connectivity index (χ1) is 11.6. The topological polar surface area (TPSA) is 103 Å². The molecular formula is C18H19N5O. The van der Waals surface area contributed by atoms with Crippen molar-refractivity contribution in [3.8, 4) is 0 Å². The molecule has 24 heavy (non-hydrogen) atoms. The summed E-state index contributed by atoms with van der Waals surface area (Å²) in [6.07, 6.45) is 2.76. The molecule has 0 bridgehead atoms. The molecule has 1 amide bonds. The molecule has 0 unspecified atom stereocenters. The molecule has 2 aromatic rings. The van der Waals surface area contributed by atoms with Crippen LogP contribution in [-0.4, -0.2) is 25.5 Å². The molecule has 0 saturated heterocycles. The molecule has 5 N–H and O–H groups in total. The van der Waals surface area contributed by atoms with Crippen molar-refractivity contribution < 1.29 is 4.79 Å². The van der Waals surface area contributed by atoms with Crippen molar-refractivity contribution in [2.45, 2.75) is 0 Å². The molecule has 122 valence electrons. The lowest BCUT2D eigenvalue weighted by molar-refractivity contribution is -0.117. The Labute approximate surface area is 140 Å². The van der Waals surface area contributed by atoms with Gasteiger partial charge in [0.05, 0.1) is 6.67 Å². The minimum atomic E-state index is -0.346. The number of hydrogen-bond donors (Lipinski definition) is 4. The van der Waals surface area contributed by atoms with Crippen molar-refractivity contribution in [3.63, 3.8) is 0 Å². The van der Waals surface area contributed by atoms with E-state index in [1.165, 1.54) is 0 Å². The third-order valence-corrected chi connectivity index (χ3v) is 3.29. The number of rotatable bonds is 7. The van der Waals surface area contributed by atoms with Crippen LogP contribution in [0, 0.1) is 5.41 Å². The van der Waals surface area contributed by atoms with Crippen LogP contribution in [0.1, 0.15) is 11.1 Å². The van der Waals surface area contributed by atoms with Gasteiger partial charge in [-0.15, -0.1) is 0 Å². The van der Waals surface area contributed by atoms with Crippen molar-refractivity contribution in [1.29, 1.82) is 5.41 Å². The van der Waals surface area contributed by atoms with Crippen molar-refractivity contribution >= 4 is 36.3 Å². The molecular weight excluding hydrogens is 302 g/mol. The number of benzene rings is 2. The van der Waals surface area contributed by atoms with E-state index >= 15 is 0 Å². The summed E-state index contributed by atoms with van der Waals surface area (Å²) >= 11 is 0. The molecule has 0 heterocycles. The van der Waals surface area contributed by atoms with Gasteiger partial charge in [-0.05, 0) is 42.6 Å². The molecule has 0 aliphatic carbocycles. The Morgan fingerprint density at radius 2 is 2.00 bits per heavy atom. The molecule has 2 aromatic carbocycles. The highest BCUT2D eigenvalue weighted by atomic mass is 16.2. The number of anilines is 2. The Kier molecular flexibility index (Phi) is 5.85. The number of carbonyl (C=O) groups excluding carboxylic acids is 1. The highest BCUT2D eigenvalue weighted by Gasteiger charge is 2.07. The molecule has 0 radical (unpaired) electrons. The molecule has 0 atom stereocenters. The molecule has 6 nitrogen and oxygen atoms in total. The Bertz CT molecular complexity index is 768. The standard InChI is InChI=1S/C18H19N5O/c1-21-17(10-13-7-8-16(20)14(9-13)11-19)18(24)23-12-22-15-5-3-2-4-6-15/h2-11,19,22H,1,12,20H2,(H,23,24)/b17-10-,19-11?. The lowest BCUT2D eigenvalue weighted by Crippen LogP contribution is -2.29. The summed E-state index contributed by atoms with van der Waals surface area (Å²) in [5, 5.41) is 13.1. The smallest absolute Gasteiger partial charge is 0.271 e. The lowest BCUT2D eigenvalue weighted by Gasteiger charge is -2.08. The second-order valence-corrected chi connectivity index (χ2v) is 4.95. The van der Waals surface area contributed by atoms with Crippen LogP contribution in [0.15, 0.2) is 59.2 Å². The third-order valence-electron chi connectivity index (χ3n) is 3.29. The fraction of sp³-hybridized carbons (Fsp3) is 0.0556. The van der Waals surface area contributed by atoms with E-state index in [0.29, 0.717) is 11.3 Å². The van der Waals surface area contributed by atoms with E-state index < -0.39 is 0 Å². The van der Waals surface area contributed by atoms with Crippen LogP contribution in [0.2, 0.25) is 0 Å². The van der Waals surface area contributed by atoms with E-state index in [0.717, 1.165) is 17.5 Å². The van der Waals surface area contributed by atoms with Crippen LogP contribution in [0.25, 0.3) is 6.08 Å². The Morgan fingerprint density at radius 1 is 1.25 bits per heavy atom. The van der Waals surface area contributed by atoms with Gasteiger partial charge in [0.15, 0.2) is 0 Å². The van der Waals surface area contributed by atoms with Gasteiger partial charge in [-0.1, -0.05) is 24.3 Å². The molecule has 0 spiro atoms. The number of nitrogens with zero attached hydrogens (tertiary/aromatic N) is 1. The van der Waals surface area contributed by atoms with Crippen molar-refractivity contribution in [2.24, 2.45) is 4.99 Å². The Morgan fingerprint density at radius 3 is 2.67 bits per heavy atom. The first-order valence-corrected chi connectivity index (χ1v) is 7.29. The quantitative estimate of drug-likeness (QED) is 0.272. The molecule has 2 rings (SSSR count). The van der Waals surface area contributed by atoms with Gasteiger partial charge in [0.1, 0.15) is 5.70 Å². The lowest BCUT2D eigenvalue weighted by atomic mass is 10.1. The zero-order chi connectivity index (χ0) is 17.4. The summed E-state index contributed by atoms with van der Waals surface area (Å²) in [6.45, 7) is 3.70. The second-order valence-electron chi connectivity index (χ2n) is 4.95. The monoisotopic (exact) mass is 321 g/mol. The maximum absolute atomic E-state index is 12.2. The van der Waals surface area contributed by atoms with Crippen LogP contribution >= 0.6 is 0 Å². The number of carbonyl (C=O) groups is 1. The summed E-state index contributed by atoms with van der Waals surface area (Å²) in [5.41, 5.74) is 8.65. The Balaban J connectivity index is 2.02. The fourth-order valence-corrected chi connectivity index (χ4v) is 2.02. The number of nitrogens with two attached hydrogens (primary N) is 1. The van der Waals surface area contributed by atoms with Gasteiger partial charge in [0.25, 0.3) is 5.91 Å². The van der Waals surface area contributed by atoms with Crippen LogP contribution in [0.3, 0.4) is 0 Å². The molecule has 0 aromatic heterocycles. The average Bonchev–Trinajstić information content (AvgIpc) is 2.61. The largest absolute Gasteiger partial charge is 0.398 e. The van der Waals surface area contributed by atoms with E-state index in [9.17, 15) is 4.79 Å². The summed E-state index contributed by atoms with van der Waals surface area (Å²) in [5.74, 6) is -0.346. The van der Waals surface area contributed by atoms with Crippen molar-refractivity contribution in [1.82, 2.24) is 5.32 Å². The fourth-order valence-electron chi connectivity index (χ4n) is 2.02. The van der Waals surface area contributed by atoms with Gasteiger partial charge in [0.2, 0.25) is 0 Å². The molecule has 0 saturated carbocycles. The molecule has 0 aliphatic rings. The average molecular weight is 321 g/mol. The molecule has 0 fully saturated rings. The van der Waals surface area contributed by atoms with Crippen molar-refractivity contribution in [3.05, 3.63) is 65.4 Å². The molecule has 6 heteroatoms. The third kappa shape index (κ3) is 4.54. The second kappa shape index (κ2) is 8.28. The van der Waals surface area contributed by atoms with Gasteiger partial charge in [-0.25, -0.2) is 0 Å². The van der Waals surface area contributed by atoms with E-state index in [1.54, 1.807) is 24.3 Å². The highest BCUT2D eigenvalue weighted by molar-refractivity contribution is 5.98. The number of nitrogens with one attached hydrogen (secondary N) is 3. The summed E-state index contributed by atoms with van der Waals surface area (Å²) in [7, 11) is 0. The van der Waals surface area contributed by atoms with Crippen molar-refractivity contribution in [2.75, 3.05) is 17.7 Å². The van der Waals surface area contributed by atoms with E-state index in [1.807, 2.05) is 30.3 Å². The van der Waals surface area contributed by atoms with Crippen LogP contribution in [-0.2, 0) is 4.79 Å². The number of hydrogen-bond acceptors (Lipinski definition) is 5. The minimum Gasteiger partial charge on any atom is -0.398 e. The summed E-state index contributed by atoms with van der Waals surface area (Å²) < 4.78 is 0. The van der Waals surface area contributed by atoms with Gasteiger partial charge >= 0.3 is 0 Å². The number of amides is 1. The van der Waals surface area contributed by atoms with Gasteiger partial charge in [-0.2, -0.15) is 0 Å². The van der Waals surface area contributed by atoms with Crippen LogP contribution in [0.5, 0.6) is 0 Å². The van der Waals surface area contributed by atoms with Gasteiger partial charge < -0.3 is 21.8 Å². The van der Waals surface area contributed by atoms with E-state index in [-0.39, 0.29) is 18.3 Å². The first-order valence-electron chi connectivity index (χ1n) is 7.29. The predicted molar refractivity (Wildman–Crippen MR) is 99.3 cm³/mol. The number of para-hydroxylation sites is 1. The summed E-state index contributed by atoms with van der Waals surface area (Å²) in [4.78, 5) is 15.9. The summed E-state index contributed by atoms with van der Waals surface area (Å²) in [6, 6.07) is 14.7. The highest BCUT2D eigenvalue weighted by Crippen LogP contribution is 2.15. The Hall–Kier alpha value is -3.41. The zero-order valence-electron chi connectivity index (χ0n) is 13.1. The molecule has 0 aliphatic heterocycles. The predicted octanol–water partition coefficient (Wildman–Crippen LogP) is 2.49. The van der Waals surface area contributed by atoms with Crippen LogP contribution < -0.4 is 16.4 Å². The van der Waals surface area contributed by atoms with Gasteiger partial charge in [-0.3, -0.25) is 9.79 Å². The SMILES string of the molecule is C=N/C(=C\c1ccc(N)c(C=N)c1)C(=O)NCNc1ccccc1. The minimum absolute atomic E-state index is 0.186. The van der Waals surface area contributed by atoms with E-state index in [4.69, 9.17) is 11.1 Å². The number of nitrogen functional groups attached to an aromatic ring is 1. The van der Waals surface area contributed by atoms with Crippen LogP contribution in [0.4, 0.5) is 11.4 Å². The normalized spacial score (nSPS) is 10.8. The van der Waals surface area contributed by atoms with Gasteiger partial charge in [0, 0.05) is 23.2 Å².